The molecular formula is C27H31ClFN7O2. The lowest BCUT2D eigenvalue weighted by molar-refractivity contribution is 0.0869. The molecule has 0 saturated carbocycles. The van der Waals surface area contributed by atoms with Crippen LogP contribution in [0.5, 0.6) is 5.75 Å². The number of hydrogen-bond donors (Lipinski definition) is 2. The number of likely N-dealkylation sites (N-methyl/N-ethyl adjacent to an activating group) is 2. The van der Waals surface area contributed by atoms with E-state index >= 15 is 4.39 Å². The number of methoxy groups -OCH3 is 1. The minimum Gasteiger partial charge on any atom is -0.494 e. The number of fused-ring (bicyclic) bond motifs is 3. The SMILES string of the molecule is COc1cc(N(C)CCN(C)C)c(N)cc1Nc1ncc(F)c(-c2c3n(c4cc(Cl)ccc24)CCOC3)n1. The van der Waals surface area contributed by atoms with Crippen LogP contribution in [0.4, 0.5) is 27.4 Å². The van der Waals surface area contributed by atoms with E-state index in [0.717, 1.165) is 35.4 Å². The molecule has 0 atom stereocenters. The summed E-state index contributed by atoms with van der Waals surface area (Å²) in [5, 5.41) is 4.63. The summed E-state index contributed by atoms with van der Waals surface area (Å²) in [7, 11) is 7.62. The summed E-state index contributed by atoms with van der Waals surface area (Å²) in [4.78, 5) is 13.0. The van der Waals surface area contributed by atoms with E-state index in [1.54, 1.807) is 19.2 Å². The lowest BCUT2D eigenvalue weighted by atomic mass is 10.1. The van der Waals surface area contributed by atoms with E-state index in [0.29, 0.717) is 47.5 Å². The van der Waals surface area contributed by atoms with E-state index in [9.17, 15) is 0 Å². The van der Waals surface area contributed by atoms with E-state index in [2.05, 4.69) is 29.7 Å². The van der Waals surface area contributed by atoms with E-state index < -0.39 is 5.82 Å². The summed E-state index contributed by atoms with van der Waals surface area (Å²) in [6, 6.07) is 9.22. The minimum absolute atomic E-state index is 0.182. The van der Waals surface area contributed by atoms with Crippen LogP contribution in [0.2, 0.25) is 5.02 Å². The van der Waals surface area contributed by atoms with Crippen molar-refractivity contribution in [3.8, 4) is 17.0 Å². The Morgan fingerprint density at radius 2 is 2.03 bits per heavy atom. The number of hydrogen-bond acceptors (Lipinski definition) is 8. The number of benzene rings is 2. The van der Waals surface area contributed by atoms with Crippen LogP contribution in [-0.2, 0) is 17.9 Å². The Bertz CT molecular complexity index is 1490. The minimum atomic E-state index is -0.532. The summed E-state index contributed by atoms with van der Waals surface area (Å²) in [6.45, 7) is 3.24. The third kappa shape index (κ3) is 4.94. The fraction of sp³-hybridized carbons (Fsp3) is 0.333. The zero-order valence-electron chi connectivity index (χ0n) is 21.9. The highest BCUT2D eigenvalue weighted by Crippen LogP contribution is 2.40. The number of halogens is 2. The first-order valence-corrected chi connectivity index (χ1v) is 12.7. The summed E-state index contributed by atoms with van der Waals surface area (Å²) in [6.07, 6.45) is 1.17. The Balaban J connectivity index is 1.53. The van der Waals surface area contributed by atoms with Gasteiger partial charge in [0.25, 0.3) is 0 Å². The van der Waals surface area contributed by atoms with Crippen molar-refractivity contribution < 1.29 is 13.9 Å². The first-order valence-electron chi connectivity index (χ1n) is 12.3. The van der Waals surface area contributed by atoms with Gasteiger partial charge in [-0.3, -0.25) is 0 Å². The summed E-state index contributed by atoms with van der Waals surface area (Å²) < 4.78 is 28.7. The predicted molar refractivity (Wildman–Crippen MR) is 150 cm³/mol. The van der Waals surface area contributed by atoms with Crippen LogP contribution >= 0.6 is 11.6 Å². The van der Waals surface area contributed by atoms with Gasteiger partial charge in [0, 0.05) is 48.7 Å². The molecule has 3 heterocycles. The Kier molecular flexibility index (Phi) is 7.29. The lowest BCUT2D eigenvalue weighted by Gasteiger charge is -2.24. The highest BCUT2D eigenvalue weighted by Gasteiger charge is 2.25. The number of nitrogens with zero attached hydrogens (tertiary/aromatic N) is 5. The smallest absolute Gasteiger partial charge is 0.228 e. The summed E-state index contributed by atoms with van der Waals surface area (Å²) in [5.41, 5.74) is 11.0. The van der Waals surface area contributed by atoms with E-state index in [-0.39, 0.29) is 11.6 Å². The zero-order chi connectivity index (χ0) is 27.0. The molecule has 4 aromatic rings. The molecule has 0 amide bonds. The second-order valence-corrected chi connectivity index (χ2v) is 9.98. The molecule has 0 unspecified atom stereocenters. The number of ether oxygens (including phenoxy) is 2. The maximum Gasteiger partial charge on any atom is 0.228 e. The molecule has 5 rings (SSSR count). The van der Waals surface area contributed by atoms with Gasteiger partial charge in [0.1, 0.15) is 11.4 Å². The molecule has 1 aliphatic rings. The van der Waals surface area contributed by atoms with Crippen molar-refractivity contribution in [3.63, 3.8) is 0 Å². The molecule has 11 heteroatoms. The topological polar surface area (TPSA) is 93.7 Å². The maximum absolute atomic E-state index is 15.2. The van der Waals surface area contributed by atoms with Crippen molar-refractivity contribution in [3.05, 3.63) is 53.1 Å². The molecular weight excluding hydrogens is 509 g/mol. The van der Waals surface area contributed by atoms with Crippen LogP contribution in [0, 0.1) is 5.82 Å². The summed E-state index contributed by atoms with van der Waals surface area (Å²) in [5.74, 6) is 0.248. The van der Waals surface area contributed by atoms with Crippen molar-refractivity contribution >= 4 is 45.5 Å². The Morgan fingerprint density at radius 3 is 2.79 bits per heavy atom. The highest BCUT2D eigenvalue weighted by atomic mass is 35.5. The van der Waals surface area contributed by atoms with Gasteiger partial charge in [0.05, 0.1) is 54.8 Å². The predicted octanol–water partition coefficient (Wildman–Crippen LogP) is 4.75. The molecule has 200 valence electrons. The summed E-state index contributed by atoms with van der Waals surface area (Å²) >= 11 is 6.28. The van der Waals surface area contributed by atoms with Gasteiger partial charge in [0.2, 0.25) is 5.95 Å². The van der Waals surface area contributed by atoms with Gasteiger partial charge in [-0.15, -0.1) is 0 Å². The van der Waals surface area contributed by atoms with Crippen LogP contribution in [-0.4, -0.2) is 67.4 Å². The first kappa shape index (κ1) is 26.0. The second kappa shape index (κ2) is 10.6. The fourth-order valence-electron chi connectivity index (χ4n) is 4.75. The average Bonchev–Trinajstić information content (AvgIpc) is 3.22. The van der Waals surface area contributed by atoms with Crippen molar-refractivity contribution in [2.24, 2.45) is 0 Å². The molecule has 0 bridgehead atoms. The molecule has 0 saturated heterocycles. The fourth-order valence-corrected chi connectivity index (χ4v) is 4.91. The highest BCUT2D eigenvalue weighted by molar-refractivity contribution is 6.31. The normalized spacial score (nSPS) is 13.1. The number of nitrogens with one attached hydrogen (secondary N) is 1. The van der Waals surface area contributed by atoms with Crippen LogP contribution in [0.15, 0.2) is 36.5 Å². The molecule has 2 aromatic heterocycles. The molecule has 0 fully saturated rings. The van der Waals surface area contributed by atoms with E-state index in [1.165, 1.54) is 6.20 Å². The van der Waals surface area contributed by atoms with Crippen molar-refractivity contribution in [2.45, 2.75) is 13.2 Å². The van der Waals surface area contributed by atoms with Crippen LogP contribution in [0.1, 0.15) is 5.69 Å². The molecule has 1 aliphatic heterocycles. The molecule has 38 heavy (non-hydrogen) atoms. The van der Waals surface area contributed by atoms with Crippen LogP contribution in [0.3, 0.4) is 0 Å². The van der Waals surface area contributed by atoms with Gasteiger partial charge < -0.3 is 34.9 Å². The average molecular weight is 540 g/mol. The Morgan fingerprint density at radius 1 is 1.21 bits per heavy atom. The second-order valence-electron chi connectivity index (χ2n) is 9.54. The third-order valence-corrected chi connectivity index (χ3v) is 6.94. The number of aromatic nitrogens is 3. The molecule has 0 aliphatic carbocycles. The van der Waals surface area contributed by atoms with Crippen molar-refractivity contribution in [1.29, 1.82) is 0 Å². The van der Waals surface area contributed by atoms with Gasteiger partial charge in [-0.2, -0.15) is 0 Å². The molecule has 9 nitrogen and oxygen atoms in total. The van der Waals surface area contributed by atoms with Gasteiger partial charge in [-0.25, -0.2) is 14.4 Å². The van der Waals surface area contributed by atoms with Gasteiger partial charge in [0.15, 0.2) is 5.82 Å². The molecule has 0 radical (unpaired) electrons. The molecule has 3 N–H and O–H groups in total. The van der Waals surface area contributed by atoms with E-state index in [4.69, 9.17) is 26.8 Å². The third-order valence-electron chi connectivity index (χ3n) is 6.70. The van der Waals surface area contributed by atoms with Gasteiger partial charge in [-0.05, 0) is 32.3 Å². The zero-order valence-corrected chi connectivity index (χ0v) is 22.6. The number of anilines is 4. The molecule has 0 spiro atoms. The quantitative estimate of drug-likeness (QED) is 0.310. The van der Waals surface area contributed by atoms with Crippen LogP contribution < -0.4 is 20.7 Å². The van der Waals surface area contributed by atoms with E-state index in [1.807, 2.05) is 39.3 Å². The largest absolute Gasteiger partial charge is 0.494 e. The monoisotopic (exact) mass is 539 g/mol. The van der Waals surface area contributed by atoms with Crippen LogP contribution in [0.25, 0.3) is 22.2 Å². The Hall–Kier alpha value is -3.60. The standard InChI is InChI=1S/C27H31ClFN7O2/c1-34(2)7-8-35(3)22-13-24(37-4)20(12-19(22)30)32-27-31-14-18(29)26(33-27)25-17-6-5-16(28)11-21(17)36-9-10-38-15-23(25)36/h5-6,11-14H,7-10,15,30H2,1-4H3,(H,31,32,33). The van der Waals surface area contributed by atoms with Gasteiger partial charge in [-0.1, -0.05) is 17.7 Å². The maximum atomic E-state index is 15.2. The first-order chi connectivity index (χ1) is 18.3. The lowest BCUT2D eigenvalue weighted by Crippen LogP contribution is -2.29. The van der Waals surface area contributed by atoms with Crippen molar-refractivity contribution in [2.75, 3.05) is 63.9 Å². The Labute approximate surface area is 225 Å². The number of rotatable bonds is 8. The number of nitrogen functional groups attached to an aromatic ring is 1. The molecule has 2 aromatic carbocycles. The van der Waals surface area contributed by atoms with Crippen molar-refractivity contribution in [1.82, 2.24) is 19.4 Å². The van der Waals surface area contributed by atoms with Gasteiger partial charge >= 0.3 is 0 Å². The number of nitrogens with two attached hydrogens (primary N) is 1.